The number of oxazole rings is 1. The summed E-state index contributed by atoms with van der Waals surface area (Å²) in [6, 6.07) is 3.44. The molecule has 1 atom stereocenters. The molecule has 0 bridgehead atoms. The van der Waals surface area contributed by atoms with Gasteiger partial charge in [0.1, 0.15) is 0 Å². The average molecular weight is 346 g/mol. The molecule has 0 aliphatic carbocycles. The Morgan fingerprint density at radius 2 is 2.09 bits per heavy atom. The summed E-state index contributed by atoms with van der Waals surface area (Å²) in [6.07, 6.45) is 0.281. The van der Waals surface area contributed by atoms with Crippen molar-refractivity contribution in [2.75, 3.05) is 18.6 Å². The van der Waals surface area contributed by atoms with E-state index >= 15 is 0 Å². The number of nitrogens with zero attached hydrogens (tertiary/aromatic N) is 1. The Hall–Kier alpha value is -1.65. The predicted molar refractivity (Wildman–Crippen MR) is 78.8 cm³/mol. The van der Waals surface area contributed by atoms with Gasteiger partial charge in [0.15, 0.2) is 15.4 Å². The van der Waals surface area contributed by atoms with E-state index in [1.165, 1.54) is 25.2 Å². The van der Waals surface area contributed by atoms with E-state index in [1.807, 2.05) is 0 Å². The molecule has 0 saturated carbocycles. The third-order valence-corrected chi connectivity index (χ3v) is 7.45. The Labute approximate surface area is 126 Å². The maximum absolute atomic E-state index is 12.6. The van der Waals surface area contributed by atoms with Gasteiger partial charge in [-0.1, -0.05) is 0 Å². The summed E-state index contributed by atoms with van der Waals surface area (Å²) in [5.74, 6) is -0.848. The van der Waals surface area contributed by atoms with E-state index in [2.05, 4.69) is 4.98 Å². The molecule has 2 aromatic rings. The van der Waals surface area contributed by atoms with Crippen molar-refractivity contribution in [1.82, 2.24) is 9.29 Å². The summed E-state index contributed by atoms with van der Waals surface area (Å²) >= 11 is 0. The quantitative estimate of drug-likeness (QED) is 0.831. The van der Waals surface area contributed by atoms with Gasteiger partial charge in [-0.25, -0.2) is 21.6 Å². The Bertz CT molecular complexity index is 986. The molecule has 120 valence electrons. The second kappa shape index (κ2) is 4.93. The standard InChI is InChI=1S/C12H14N2O6S2/c1-14(8-4-5-21(16,17)7-8)22(18,19)9-2-3-11-10(6-9)13-12(15)20-11/h2-3,6,8H,4-5,7H2,1H3,(H,13,15). The third-order valence-electron chi connectivity index (χ3n) is 3.79. The Balaban J connectivity index is 1.98. The van der Waals surface area contributed by atoms with Gasteiger partial charge in [-0.05, 0) is 24.6 Å². The zero-order valence-corrected chi connectivity index (χ0v) is 13.3. The number of H-pyrrole nitrogens is 1. The molecule has 1 aromatic carbocycles. The van der Waals surface area contributed by atoms with Crippen LogP contribution in [0, 0.1) is 0 Å². The molecule has 1 aromatic heterocycles. The van der Waals surface area contributed by atoms with Crippen molar-refractivity contribution in [3.63, 3.8) is 0 Å². The molecule has 1 fully saturated rings. The van der Waals surface area contributed by atoms with E-state index in [4.69, 9.17) is 4.42 Å². The number of aromatic amines is 1. The molecule has 8 nitrogen and oxygen atoms in total. The molecule has 0 radical (unpaired) electrons. The van der Waals surface area contributed by atoms with Crippen molar-refractivity contribution in [3.05, 3.63) is 28.7 Å². The number of sulfonamides is 1. The SMILES string of the molecule is CN(C1CCS(=O)(=O)C1)S(=O)(=O)c1ccc2oc(=O)[nH]c2c1. The fraction of sp³-hybridized carbons (Fsp3) is 0.417. The average Bonchev–Trinajstić information content (AvgIpc) is 2.98. The largest absolute Gasteiger partial charge is 0.417 e. The molecule has 22 heavy (non-hydrogen) atoms. The monoisotopic (exact) mass is 346 g/mol. The van der Waals surface area contributed by atoms with E-state index in [1.54, 1.807) is 0 Å². The normalized spacial score (nSPS) is 21.6. The number of nitrogens with one attached hydrogen (secondary N) is 1. The Morgan fingerprint density at radius 1 is 1.36 bits per heavy atom. The number of sulfone groups is 1. The molecule has 1 aliphatic rings. The lowest BCUT2D eigenvalue weighted by Gasteiger charge is -2.22. The highest BCUT2D eigenvalue weighted by molar-refractivity contribution is 7.92. The molecular weight excluding hydrogens is 332 g/mol. The van der Waals surface area contributed by atoms with Gasteiger partial charge in [0.25, 0.3) is 0 Å². The van der Waals surface area contributed by atoms with Crippen LogP contribution in [0.25, 0.3) is 11.1 Å². The van der Waals surface area contributed by atoms with Gasteiger partial charge >= 0.3 is 5.76 Å². The van der Waals surface area contributed by atoms with Gasteiger partial charge in [-0.2, -0.15) is 4.31 Å². The predicted octanol–water partition coefficient (Wildman–Crippen LogP) is -0.0713. The van der Waals surface area contributed by atoms with Crippen molar-refractivity contribution in [1.29, 1.82) is 0 Å². The van der Waals surface area contributed by atoms with Crippen molar-refractivity contribution in [2.45, 2.75) is 17.4 Å². The van der Waals surface area contributed by atoms with Crippen molar-refractivity contribution >= 4 is 31.0 Å². The molecule has 2 heterocycles. The summed E-state index contributed by atoms with van der Waals surface area (Å²) in [7, 11) is -5.67. The lowest BCUT2D eigenvalue weighted by molar-refractivity contribution is 0.394. The van der Waals surface area contributed by atoms with E-state index in [0.717, 1.165) is 4.31 Å². The molecule has 10 heteroatoms. The molecule has 0 amide bonds. The highest BCUT2D eigenvalue weighted by Gasteiger charge is 2.36. The molecule has 1 aliphatic heterocycles. The molecule has 1 N–H and O–H groups in total. The smallest absolute Gasteiger partial charge is 0.408 e. The van der Waals surface area contributed by atoms with Crippen LogP contribution >= 0.6 is 0 Å². The summed E-state index contributed by atoms with van der Waals surface area (Å²) in [5.41, 5.74) is 0.536. The summed E-state index contributed by atoms with van der Waals surface area (Å²) in [4.78, 5) is 13.5. The first kappa shape index (κ1) is 15.3. The first-order valence-electron chi connectivity index (χ1n) is 6.50. The number of fused-ring (bicyclic) bond motifs is 1. The first-order valence-corrected chi connectivity index (χ1v) is 9.76. The van der Waals surface area contributed by atoms with Crippen molar-refractivity contribution in [3.8, 4) is 0 Å². The topological polar surface area (TPSA) is 118 Å². The number of hydrogen-bond donors (Lipinski definition) is 1. The van der Waals surface area contributed by atoms with Gasteiger partial charge in [-0.3, -0.25) is 4.98 Å². The molecule has 1 saturated heterocycles. The van der Waals surface area contributed by atoms with Crippen molar-refractivity contribution in [2.24, 2.45) is 0 Å². The van der Waals surface area contributed by atoms with Gasteiger partial charge in [0.2, 0.25) is 10.0 Å². The molecule has 1 unspecified atom stereocenters. The summed E-state index contributed by atoms with van der Waals surface area (Å²) in [5, 5.41) is 0. The maximum atomic E-state index is 12.6. The summed E-state index contributed by atoms with van der Waals surface area (Å²) in [6.45, 7) is 0. The maximum Gasteiger partial charge on any atom is 0.417 e. The van der Waals surface area contributed by atoms with E-state index in [-0.39, 0.29) is 33.9 Å². The minimum absolute atomic E-state index is 0.00832. The van der Waals surface area contributed by atoms with Gasteiger partial charge < -0.3 is 4.42 Å². The zero-order chi connectivity index (χ0) is 16.1. The van der Waals surface area contributed by atoms with Crippen LogP contribution in [0.4, 0.5) is 0 Å². The number of aromatic nitrogens is 1. The molecule has 0 spiro atoms. The van der Waals surface area contributed by atoms with E-state index in [0.29, 0.717) is 0 Å². The highest BCUT2D eigenvalue weighted by Crippen LogP contribution is 2.25. The second-order valence-electron chi connectivity index (χ2n) is 5.25. The minimum atomic E-state index is -3.85. The van der Waals surface area contributed by atoms with Crippen LogP contribution < -0.4 is 5.76 Å². The second-order valence-corrected chi connectivity index (χ2v) is 9.48. The fourth-order valence-corrected chi connectivity index (χ4v) is 5.80. The molecule has 3 rings (SSSR count). The summed E-state index contributed by atoms with van der Waals surface area (Å²) < 4.78 is 54.1. The van der Waals surface area contributed by atoms with Crippen molar-refractivity contribution < 1.29 is 21.3 Å². The third kappa shape index (κ3) is 2.57. The lowest BCUT2D eigenvalue weighted by atomic mass is 10.3. The van der Waals surface area contributed by atoms with Crippen LogP contribution in [-0.2, 0) is 19.9 Å². The van der Waals surface area contributed by atoms with Crippen LogP contribution in [0.3, 0.4) is 0 Å². The number of rotatable bonds is 3. The minimum Gasteiger partial charge on any atom is -0.408 e. The number of benzene rings is 1. The van der Waals surface area contributed by atoms with Gasteiger partial charge in [0, 0.05) is 13.1 Å². The van der Waals surface area contributed by atoms with E-state index in [9.17, 15) is 21.6 Å². The Kier molecular flexibility index (Phi) is 3.42. The zero-order valence-electron chi connectivity index (χ0n) is 11.6. The van der Waals surface area contributed by atoms with Gasteiger partial charge in [0.05, 0.1) is 21.9 Å². The Morgan fingerprint density at radius 3 is 2.73 bits per heavy atom. The van der Waals surface area contributed by atoms with Crippen LogP contribution in [0.15, 0.2) is 32.3 Å². The van der Waals surface area contributed by atoms with Gasteiger partial charge in [-0.15, -0.1) is 0 Å². The highest BCUT2D eigenvalue weighted by atomic mass is 32.2. The first-order chi connectivity index (χ1) is 10.2. The fourth-order valence-electron chi connectivity index (χ4n) is 2.52. The van der Waals surface area contributed by atoms with Crippen LogP contribution in [0.5, 0.6) is 0 Å². The van der Waals surface area contributed by atoms with Crippen LogP contribution in [0.1, 0.15) is 6.42 Å². The number of hydrogen-bond acceptors (Lipinski definition) is 6. The molecular formula is C12H14N2O6S2. The van der Waals surface area contributed by atoms with Crippen LogP contribution in [0.2, 0.25) is 0 Å². The van der Waals surface area contributed by atoms with Crippen LogP contribution in [-0.4, -0.2) is 50.7 Å². The lowest BCUT2D eigenvalue weighted by Crippen LogP contribution is -2.37. The van der Waals surface area contributed by atoms with E-state index < -0.39 is 31.7 Å².